The molecule has 2 saturated carbocycles. The molecule has 0 aliphatic heterocycles. The van der Waals surface area contributed by atoms with Crippen molar-refractivity contribution in [3.8, 4) is 0 Å². The SMILES string of the molecule is CC(C)(C)S(=O)(=O)Nc1ccc(C(F)(F)F)cc1C(=O)NC1CCC2(C(=O)O)CCCC1C2. The van der Waals surface area contributed by atoms with Crippen molar-refractivity contribution in [3.05, 3.63) is 29.3 Å². The highest BCUT2D eigenvalue weighted by Crippen LogP contribution is 2.49. The van der Waals surface area contributed by atoms with Crippen LogP contribution in [0, 0.1) is 11.3 Å². The molecule has 0 saturated heterocycles. The van der Waals surface area contributed by atoms with Gasteiger partial charge in [-0.3, -0.25) is 14.3 Å². The molecule has 0 aromatic heterocycles. The van der Waals surface area contributed by atoms with Gasteiger partial charge in [0.2, 0.25) is 10.0 Å². The van der Waals surface area contributed by atoms with Gasteiger partial charge in [0, 0.05) is 6.04 Å². The number of halogens is 3. The normalized spacial score (nSPS) is 25.9. The molecule has 0 heterocycles. The molecule has 2 aliphatic rings. The van der Waals surface area contributed by atoms with Gasteiger partial charge in [-0.15, -0.1) is 0 Å². The summed E-state index contributed by atoms with van der Waals surface area (Å²) in [4.78, 5) is 24.9. The van der Waals surface area contributed by atoms with Gasteiger partial charge in [-0.2, -0.15) is 13.2 Å². The Labute approximate surface area is 191 Å². The van der Waals surface area contributed by atoms with E-state index in [9.17, 15) is 36.3 Å². The zero-order valence-electron chi connectivity index (χ0n) is 18.8. The molecule has 0 spiro atoms. The standard InChI is InChI=1S/C22H29F3N2O5S/c1-20(2,3)33(31,32)27-17-7-6-14(22(23,24)25)11-15(17)18(28)26-16-8-10-21(19(29)30)9-4-5-13(16)12-21/h6-7,11,13,16,27H,4-5,8-10,12H2,1-3H3,(H,26,28)(H,29,30). The van der Waals surface area contributed by atoms with E-state index in [0.717, 1.165) is 12.1 Å². The lowest BCUT2D eigenvalue weighted by Gasteiger charge is -2.46. The van der Waals surface area contributed by atoms with Crippen molar-refractivity contribution in [1.29, 1.82) is 0 Å². The fourth-order valence-corrected chi connectivity index (χ4v) is 5.45. The Hall–Kier alpha value is -2.30. The number of hydrogen-bond donors (Lipinski definition) is 3. The lowest BCUT2D eigenvalue weighted by molar-refractivity contribution is -0.155. The minimum Gasteiger partial charge on any atom is -0.481 e. The van der Waals surface area contributed by atoms with E-state index in [-0.39, 0.29) is 11.6 Å². The highest BCUT2D eigenvalue weighted by atomic mass is 32.2. The van der Waals surface area contributed by atoms with Gasteiger partial charge in [0.1, 0.15) is 0 Å². The van der Waals surface area contributed by atoms with Crippen LogP contribution in [-0.2, 0) is 21.0 Å². The Morgan fingerprint density at radius 2 is 1.79 bits per heavy atom. The number of alkyl halides is 3. The third-order valence-corrected chi connectivity index (χ3v) is 8.90. The maximum Gasteiger partial charge on any atom is 0.416 e. The monoisotopic (exact) mass is 490 g/mol. The van der Waals surface area contributed by atoms with Gasteiger partial charge in [-0.1, -0.05) is 6.42 Å². The quantitative estimate of drug-likeness (QED) is 0.566. The van der Waals surface area contributed by atoms with Crippen molar-refractivity contribution >= 4 is 27.6 Å². The first-order valence-corrected chi connectivity index (χ1v) is 12.3. The van der Waals surface area contributed by atoms with Crippen LogP contribution in [0.15, 0.2) is 18.2 Å². The number of carbonyl (C=O) groups excluding carboxylic acids is 1. The number of anilines is 1. The van der Waals surface area contributed by atoms with Crippen molar-refractivity contribution in [2.45, 2.75) is 76.3 Å². The molecule has 2 bridgehead atoms. The minimum absolute atomic E-state index is 0.104. The third-order valence-electron chi connectivity index (χ3n) is 6.80. The van der Waals surface area contributed by atoms with Crippen LogP contribution in [0.2, 0.25) is 0 Å². The van der Waals surface area contributed by atoms with E-state index in [1.807, 2.05) is 0 Å². The summed E-state index contributed by atoms with van der Waals surface area (Å²) in [5.74, 6) is -1.78. The van der Waals surface area contributed by atoms with Crippen LogP contribution in [0.25, 0.3) is 0 Å². The van der Waals surface area contributed by atoms with E-state index in [0.29, 0.717) is 44.6 Å². The first-order chi connectivity index (χ1) is 15.1. The highest BCUT2D eigenvalue weighted by Gasteiger charge is 2.48. The molecule has 2 aliphatic carbocycles. The first kappa shape index (κ1) is 25.3. The molecule has 1 aromatic rings. The van der Waals surface area contributed by atoms with Crippen LogP contribution in [0.1, 0.15) is 75.2 Å². The van der Waals surface area contributed by atoms with E-state index < -0.39 is 55.4 Å². The number of benzene rings is 1. The van der Waals surface area contributed by atoms with E-state index >= 15 is 0 Å². The van der Waals surface area contributed by atoms with Crippen molar-refractivity contribution in [1.82, 2.24) is 5.32 Å². The predicted molar refractivity (Wildman–Crippen MR) is 116 cm³/mol. The van der Waals surface area contributed by atoms with Gasteiger partial charge in [-0.25, -0.2) is 8.42 Å². The number of carboxylic acid groups (broad SMARTS) is 1. The predicted octanol–water partition coefficient (Wildman–Crippen LogP) is 4.40. The summed E-state index contributed by atoms with van der Waals surface area (Å²) in [7, 11) is -4.00. The van der Waals surface area contributed by atoms with Crippen LogP contribution >= 0.6 is 0 Å². The number of aliphatic carboxylic acids is 1. The van der Waals surface area contributed by atoms with Crippen molar-refractivity contribution < 1.29 is 36.3 Å². The smallest absolute Gasteiger partial charge is 0.416 e. The van der Waals surface area contributed by atoms with Crippen molar-refractivity contribution in [2.24, 2.45) is 11.3 Å². The molecule has 3 rings (SSSR count). The molecule has 0 radical (unpaired) electrons. The molecule has 1 amide bonds. The van der Waals surface area contributed by atoms with E-state index in [1.165, 1.54) is 20.8 Å². The lowest BCUT2D eigenvalue weighted by atomic mass is 9.60. The number of fused-ring (bicyclic) bond motifs is 2. The molecular formula is C22H29F3N2O5S. The molecule has 7 nitrogen and oxygen atoms in total. The Morgan fingerprint density at radius 3 is 2.36 bits per heavy atom. The summed E-state index contributed by atoms with van der Waals surface area (Å²) >= 11 is 0. The fourth-order valence-electron chi connectivity index (χ4n) is 4.68. The van der Waals surface area contributed by atoms with Gasteiger partial charge in [0.05, 0.1) is 27.0 Å². The average molecular weight is 491 g/mol. The second kappa shape index (κ2) is 8.48. The maximum absolute atomic E-state index is 13.3. The van der Waals surface area contributed by atoms with Crippen LogP contribution in [0.4, 0.5) is 18.9 Å². The second-order valence-corrected chi connectivity index (χ2v) is 12.5. The third kappa shape index (κ3) is 5.12. The molecule has 2 fully saturated rings. The summed E-state index contributed by atoms with van der Waals surface area (Å²) in [6, 6.07) is 1.91. The topological polar surface area (TPSA) is 113 Å². The van der Waals surface area contributed by atoms with Crippen LogP contribution in [-0.4, -0.2) is 36.2 Å². The van der Waals surface area contributed by atoms with Crippen molar-refractivity contribution in [3.63, 3.8) is 0 Å². The summed E-state index contributed by atoms with van der Waals surface area (Å²) in [5.41, 5.74) is -2.55. The number of hydrogen-bond acceptors (Lipinski definition) is 4. The lowest BCUT2D eigenvalue weighted by Crippen LogP contribution is -2.51. The van der Waals surface area contributed by atoms with Crippen molar-refractivity contribution in [2.75, 3.05) is 4.72 Å². The van der Waals surface area contributed by atoms with Crippen LogP contribution in [0.5, 0.6) is 0 Å². The minimum atomic E-state index is -4.72. The number of carboxylic acids is 1. The van der Waals surface area contributed by atoms with Crippen LogP contribution in [0.3, 0.4) is 0 Å². The zero-order chi connectivity index (χ0) is 24.8. The number of carbonyl (C=O) groups is 2. The molecule has 33 heavy (non-hydrogen) atoms. The molecule has 1 aromatic carbocycles. The van der Waals surface area contributed by atoms with E-state index in [4.69, 9.17) is 0 Å². The van der Waals surface area contributed by atoms with E-state index in [2.05, 4.69) is 10.0 Å². The zero-order valence-corrected chi connectivity index (χ0v) is 19.6. The van der Waals surface area contributed by atoms with Gasteiger partial charge >= 0.3 is 12.1 Å². The Kier molecular flexibility index (Phi) is 6.51. The molecular weight excluding hydrogens is 461 g/mol. The Balaban J connectivity index is 1.90. The maximum atomic E-state index is 13.3. The molecule has 3 atom stereocenters. The Bertz CT molecular complexity index is 1050. The van der Waals surface area contributed by atoms with E-state index in [1.54, 1.807) is 0 Å². The summed E-state index contributed by atoms with van der Waals surface area (Å²) < 4.78 is 66.1. The van der Waals surface area contributed by atoms with Gasteiger partial charge in [0.15, 0.2) is 0 Å². The number of nitrogens with one attached hydrogen (secondary N) is 2. The summed E-state index contributed by atoms with van der Waals surface area (Å²) in [5, 5.41) is 12.4. The van der Waals surface area contributed by atoms with Gasteiger partial charge < -0.3 is 10.4 Å². The summed E-state index contributed by atoms with van der Waals surface area (Å²) in [6.45, 7) is 4.29. The number of sulfonamides is 1. The first-order valence-electron chi connectivity index (χ1n) is 10.8. The van der Waals surface area contributed by atoms with Gasteiger partial charge in [-0.05, 0) is 77.0 Å². The summed E-state index contributed by atoms with van der Waals surface area (Å²) in [6.07, 6.45) is -1.56. The Morgan fingerprint density at radius 1 is 1.12 bits per heavy atom. The number of amides is 1. The molecule has 11 heteroatoms. The average Bonchev–Trinajstić information content (AvgIpc) is 2.68. The highest BCUT2D eigenvalue weighted by molar-refractivity contribution is 7.94. The molecule has 184 valence electrons. The van der Waals surface area contributed by atoms with Gasteiger partial charge in [0.25, 0.3) is 5.91 Å². The fraction of sp³-hybridized carbons (Fsp3) is 0.636. The number of rotatable bonds is 5. The van der Waals surface area contributed by atoms with Crippen LogP contribution < -0.4 is 10.0 Å². The molecule has 3 N–H and O–H groups in total. The second-order valence-electron chi connectivity index (χ2n) is 10.0. The molecule has 3 unspecified atom stereocenters. The largest absolute Gasteiger partial charge is 0.481 e.